The standard InChI is InChI=1S/C40H44Cl2N10O8/c1-48-23-29(19-33(48)37(54)43-15-4-16-44-40(57)60-25-26-5-9-32(10-6-26)52(58)59)46-39(56)35-21-30(24-50(35)3)47-38(55)34-20-28(22-49(34)2)45-36(53)27-7-11-31(12-8-27)51(17-13-41)18-14-42/h5-12,19-24H,4,13-18,25H2,1-3H3,(H,43,54)(H,44,57)(H,45,53)(H,46,56)(H,47,55). The molecular formula is C40H44Cl2N10O8. The molecule has 0 atom stereocenters. The van der Waals surface area contributed by atoms with Crippen LogP contribution in [-0.2, 0) is 32.5 Å². The third-order valence-corrected chi connectivity index (χ3v) is 9.45. The summed E-state index contributed by atoms with van der Waals surface area (Å²) < 4.78 is 9.79. The van der Waals surface area contributed by atoms with Crippen LogP contribution in [0.4, 0.5) is 33.2 Å². The zero-order chi connectivity index (χ0) is 43.3. The number of ether oxygens (including phenoxy) is 1. The van der Waals surface area contributed by atoms with Crippen molar-refractivity contribution in [2.24, 2.45) is 21.1 Å². The highest BCUT2D eigenvalue weighted by Gasteiger charge is 2.20. The molecule has 5 N–H and O–H groups in total. The van der Waals surface area contributed by atoms with E-state index in [4.69, 9.17) is 27.9 Å². The van der Waals surface area contributed by atoms with Crippen LogP contribution in [0.25, 0.3) is 0 Å². The van der Waals surface area contributed by atoms with Crippen LogP contribution in [0, 0.1) is 10.1 Å². The Hall–Kier alpha value is -6.79. The summed E-state index contributed by atoms with van der Waals surface area (Å²) in [5, 5.41) is 24.5. The Kier molecular flexibility index (Phi) is 15.3. The molecule has 18 nitrogen and oxygen atoms in total. The molecular weight excluding hydrogens is 819 g/mol. The molecule has 2 aromatic carbocycles. The number of alkyl carbamates (subject to hydrolysis) is 1. The summed E-state index contributed by atoms with van der Waals surface area (Å²) in [5.74, 6) is -0.815. The van der Waals surface area contributed by atoms with Crippen LogP contribution >= 0.6 is 23.2 Å². The lowest BCUT2D eigenvalue weighted by Gasteiger charge is -2.22. The number of nitro benzene ring substituents is 1. The third kappa shape index (κ3) is 11.9. The molecule has 0 bridgehead atoms. The van der Waals surface area contributed by atoms with Gasteiger partial charge in [0, 0.05) is 101 Å². The number of hydrogen-bond donors (Lipinski definition) is 5. The quantitative estimate of drug-likeness (QED) is 0.0298. The lowest BCUT2D eigenvalue weighted by Crippen LogP contribution is -2.30. The number of aromatic nitrogens is 3. The van der Waals surface area contributed by atoms with E-state index in [9.17, 15) is 34.1 Å². The molecule has 0 radical (unpaired) electrons. The SMILES string of the molecule is Cn1cc(NC(=O)c2cc(NC(=O)c3cc(NC(=O)c4ccc(N(CCCl)CCCl)cc4)cn3C)cn2C)cc1C(=O)NCCCNC(=O)OCc1ccc([N+](=O)[O-])cc1. The van der Waals surface area contributed by atoms with Gasteiger partial charge in [0.15, 0.2) is 0 Å². The Labute approximate surface area is 354 Å². The topological polar surface area (TPSA) is 216 Å². The molecule has 0 aliphatic carbocycles. The number of aryl methyl sites for hydroxylation is 3. The first-order chi connectivity index (χ1) is 28.8. The Balaban J connectivity index is 1.07. The minimum atomic E-state index is -0.670. The van der Waals surface area contributed by atoms with Gasteiger partial charge in [-0.25, -0.2) is 4.79 Å². The summed E-state index contributed by atoms with van der Waals surface area (Å²) >= 11 is 11.8. The predicted molar refractivity (Wildman–Crippen MR) is 228 cm³/mol. The van der Waals surface area contributed by atoms with E-state index >= 15 is 0 Å². The van der Waals surface area contributed by atoms with E-state index in [1.54, 1.807) is 71.6 Å². The van der Waals surface area contributed by atoms with Crippen LogP contribution in [-0.4, -0.2) is 86.3 Å². The van der Waals surface area contributed by atoms with Gasteiger partial charge in [0.1, 0.15) is 23.7 Å². The summed E-state index contributed by atoms with van der Waals surface area (Å²) in [5.41, 5.74) is 3.78. The fourth-order valence-corrected chi connectivity index (χ4v) is 6.46. The van der Waals surface area contributed by atoms with Crippen LogP contribution < -0.4 is 31.5 Å². The molecule has 0 fully saturated rings. The smallest absolute Gasteiger partial charge is 0.407 e. The summed E-state index contributed by atoms with van der Waals surface area (Å²) in [6.45, 7) is 1.64. The summed E-state index contributed by atoms with van der Waals surface area (Å²) in [6, 6.07) is 17.3. The van der Waals surface area contributed by atoms with Crippen molar-refractivity contribution in [2.45, 2.75) is 13.0 Å². The van der Waals surface area contributed by atoms with E-state index < -0.39 is 28.7 Å². The summed E-state index contributed by atoms with van der Waals surface area (Å²) in [4.78, 5) is 76.7. The first kappa shape index (κ1) is 44.3. The minimum absolute atomic E-state index is 0.0581. The van der Waals surface area contributed by atoms with Crippen molar-refractivity contribution in [2.75, 3.05) is 58.8 Å². The molecule has 3 heterocycles. The third-order valence-electron chi connectivity index (χ3n) is 9.12. The number of nitrogens with one attached hydrogen (secondary N) is 5. The van der Waals surface area contributed by atoms with Gasteiger partial charge in [-0.3, -0.25) is 29.3 Å². The van der Waals surface area contributed by atoms with Crippen molar-refractivity contribution < 1.29 is 33.6 Å². The number of benzene rings is 2. The molecule has 0 aliphatic rings. The molecule has 5 aromatic rings. The van der Waals surface area contributed by atoms with Crippen LogP contribution in [0.3, 0.4) is 0 Å². The lowest BCUT2D eigenvalue weighted by atomic mass is 10.1. The summed E-state index contributed by atoms with van der Waals surface area (Å²) in [6.07, 6.45) is 4.52. The molecule has 0 unspecified atom stereocenters. The first-order valence-corrected chi connectivity index (χ1v) is 19.7. The largest absolute Gasteiger partial charge is 0.445 e. The van der Waals surface area contributed by atoms with Crippen molar-refractivity contribution >= 4 is 81.4 Å². The fraction of sp³-hybridized carbons (Fsp3) is 0.275. The van der Waals surface area contributed by atoms with E-state index in [-0.39, 0.29) is 48.4 Å². The molecule has 20 heteroatoms. The van der Waals surface area contributed by atoms with Gasteiger partial charge in [0.05, 0.1) is 22.0 Å². The van der Waals surface area contributed by atoms with Crippen molar-refractivity contribution in [3.05, 3.63) is 124 Å². The van der Waals surface area contributed by atoms with Crippen molar-refractivity contribution in [3.63, 3.8) is 0 Å². The van der Waals surface area contributed by atoms with Gasteiger partial charge in [0.2, 0.25) is 0 Å². The number of nitrogens with zero attached hydrogens (tertiary/aromatic N) is 5. The maximum atomic E-state index is 13.3. The zero-order valence-corrected chi connectivity index (χ0v) is 34.5. The number of nitro groups is 1. The van der Waals surface area contributed by atoms with Gasteiger partial charge >= 0.3 is 6.09 Å². The van der Waals surface area contributed by atoms with Gasteiger partial charge in [-0.1, -0.05) is 0 Å². The van der Waals surface area contributed by atoms with Crippen LogP contribution in [0.5, 0.6) is 0 Å². The van der Waals surface area contributed by atoms with Crippen LogP contribution in [0.2, 0.25) is 0 Å². The van der Waals surface area contributed by atoms with Gasteiger partial charge in [-0.05, 0) is 66.6 Å². The van der Waals surface area contributed by atoms with Gasteiger partial charge in [-0.15, -0.1) is 23.2 Å². The highest BCUT2D eigenvalue weighted by Crippen LogP contribution is 2.21. The molecule has 0 aliphatic heterocycles. The van der Waals surface area contributed by atoms with Crippen LogP contribution in [0.1, 0.15) is 53.8 Å². The number of carbonyl (C=O) groups excluding carboxylic acids is 5. The summed E-state index contributed by atoms with van der Waals surface area (Å²) in [7, 11) is 4.98. The van der Waals surface area contributed by atoms with E-state index in [2.05, 4.69) is 26.6 Å². The van der Waals surface area contributed by atoms with Gasteiger partial charge < -0.3 is 49.9 Å². The number of non-ortho nitro benzene ring substituents is 1. The number of halogens is 2. The average Bonchev–Trinajstić information content (AvgIpc) is 3.91. The van der Waals surface area contributed by atoms with Crippen molar-refractivity contribution in [3.8, 4) is 0 Å². The Morgan fingerprint density at radius 2 is 1.13 bits per heavy atom. The average molecular weight is 864 g/mol. The number of hydrogen-bond acceptors (Lipinski definition) is 9. The minimum Gasteiger partial charge on any atom is -0.445 e. The maximum absolute atomic E-state index is 13.3. The van der Waals surface area contributed by atoms with E-state index in [0.717, 1.165) is 5.69 Å². The molecule has 0 saturated carbocycles. The van der Waals surface area contributed by atoms with E-state index in [0.29, 0.717) is 59.5 Å². The second-order valence-electron chi connectivity index (χ2n) is 13.5. The zero-order valence-electron chi connectivity index (χ0n) is 33.0. The van der Waals surface area contributed by atoms with E-state index in [1.807, 2.05) is 17.0 Å². The molecule has 3 aromatic heterocycles. The number of anilines is 4. The second-order valence-corrected chi connectivity index (χ2v) is 14.2. The Bertz CT molecular complexity index is 2330. The molecule has 0 saturated heterocycles. The first-order valence-electron chi connectivity index (χ1n) is 18.6. The molecule has 5 amide bonds. The Morgan fingerprint density at radius 3 is 1.62 bits per heavy atom. The normalized spacial score (nSPS) is 10.8. The van der Waals surface area contributed by atoms with Crippen molar-refractivity contribution in [1.29, 1.82) is 0 Å². The number of alkyl halides is 2. The molecule has 0 spiro atoms. The second kappa shape index (κ2) is 20.8. The molecule has 60 heavy (non-hydrogen) atoms. The highest BCUT2D eigenvalue weighted by molar-refractivity contribution is 6.18. The fourth-order valence-electron chi connectivity index (χ4n) is 6.05. The maximum Gasteiger partial charge on any atom is 0.407 e. The predicted octanol–water partition coefficient (Wildman–Crippen LogP) is 5.70. The lowest BCUT2D eigenvalue weighted by molar-refractivity contribution is -0.384. The van der Waals surface area contributed by atoms with Crippen molar-refractivity contribution in [1.82, 2.24) is 24.3 Å². The van der Waals surface area contributed by atoms with Crippen LogP contribution in [0.15, 0.2) is 85.3 Å². The highest BCUT2D eigenvalue weighted by atomic mass is 35.5. The van der Waals surface area contributed by atoms with Gasteiger partial charge in [-0.2, -0.15) is 0 Å². The molecule has 316 valence electrons. The molecule has 5 rings (SSSR count). The van der Waals surface area contributed by atoms with Gasteiger partial charge in [0.25, 0.3) is 29.3 Å². The number of carbonyl (C=O) groups is 5. The number of rotatable bonds is 19. The van der Waals surface area contributed by atoms with E-state index in [1.165, 1.54) is 36.4 Å². The Morgan fingerprint density at radius 1 is 0.667 bits per heavy atom. The monoisotopic (exact) mass is 862 g/mol. The number of amides is 5.